The summed E-state index contributed by atoms with van der Waals surface area (Å²) in [5.74, 6) is 6.00. The van der Waals surface area contributed by atoms with Gasteiger partial charge in [-0.3, -0.25) is 0 Å². The van der Waals surface area contributed by atoms with Crippen molar-refractivity contribution in [1.82, 2.24) is 4.57 Å². The van der Waals surface area contributed by atoms with Gasteiger partial charge in [-0.1, -0.05) is 229 Å². The summed E-state index contributed by atoms with van der Waals surface area (Å²) >= 11 is 11.2. The molecule has 0 atom stereocenters. The van der Waals surface area contributed by atoms with Gasteiger partial charge in [0.15, 0.2) is 11.5 Å². The largest absolute Gasteiger partial charge is 0.491 e. The topological polar surface area (TPSA) is 143 Å². The lowest BCUT2D eigenvalue weighted by atomic mass is 9.64. The minimum atomic E-state index is -0.576. The van der Waals surface area contributed by atoms with Crippen LogP contribution in [0.4, 0.5) is 0 Å². The second kappa shape index (κ2) is 46.4. The van der Waals surface area contributed by atoms with Crippen LogP contribution in [0.1, 0.15) is 115 Å². The standard InChI is InChI=1S/C98H113NO15S6/c1-12-70-13-23-78(24-14-70)98(79-29-25-76(26-30-79)96(2,3)4,80-31-27-77(28-32-80)97(5,6)7)81-33-43-85(44-34-81)110-58-54-106-59-60-116-93-92(115-11)119-95(120-93)94-117-89-64-99(65-90(89)118-94)63-71-15-35-86(36-16-71)111-69-75-61-87(112-66-72-17-37-82(38-18-72)107-55-51-103-48-45-100-8)91(114-68-74-21-41-84(42-22-74)109-57-53-105-50-47-102-10)88(62-75)113-67-73-19-39-83(40-20-73)108-56-52-104-49-46-101-9/h13-44,61-62,64-65H,12,45-60,63,66-69H2,1-11H3. The van der Waals surface area contributed by atoms with Crippen molar-refractivity contribution in [3.63, 3.8) is 0 Å². The molecule has 0 saturated heterocycles. The van der Waals surface area contributed by atoms with Gasteiger partial charge in [0.05, 0.1) is 95.0 Å². The molecule has 10 aromatic rings. The maximum absolute atomic E-state index is 6.75. The average molecular weight is 1740 g/mol. The van der Waals surface area contributed by atoms with Crippen LogP contribution in [0.3, 0.4) is 0 Å². The van der Waals surface area contributed by atoms with Gasteiger partial charge in [-0.15, -0.1) is 23.5 Å². The molecule has 16 nitrogen and oxygen atoms in total. The van der Waals surface area contributed by atoms with Crippen molar-refractivity contribution in [3.05, 3.63) is 302 Å². The molecular formula is C98H113NO15S6. The molecule has 120 heavy (non-hydrogen) atoms. The Bertz CT molecular complexity index is 4670. The second-order valence-corrected chi connectivity index (χ2v) is 37.8. The molecule has 1 aromatic heterocycles. The lowest BCUT2D eigenvalue weighted by Crippen LogP contribution is -2.31. The summed E-state index contributed by atoms with van der Waals surface area (Å²) < 4.78 is 97.0. The van der Waals surface area contributed by atoms with E-state index in [2.05, 4.69) is 181 Å². The molecule has 2 aliphatic heterocycles. The highest BCUT2D eigenvalue weighted by Crippen LogP contribution is 2.64. The molecule has 0 saturated carbocycles. The van der Waals surface area contributed by atoms with E-state index in [1.54, 1.807) is 21.3 Å². The fourth-order valence-corrected chi connectivity index (χ4v) is 21.6. The Morgan fingerprint density at radius 3 is 1.04 bits per heavy atom. The molecule has 636 valence electrons. The van der Waals surface area contributed by atoms with Crippen molar-refractivity contribution in [2.75, 3.05) is 132 Å². The number of rotatable bonds is 49. The molecule has 12 rings (SSSR count). The normalized spacial score (nSPS) is 13.0. The number of benzene rings is 9. The van der Waals surface area contributed by atoms with Gasteiger partial charge in [-0.05, 0) is 163 Å². The number of hydrogen-bond donors (Lipinski definition) is 0. The Morgan fingerprint density at radius 1 is 0.317 bits per heavy atom. The molecule has 0 N–H and O–H groups in total. The number of hydrogen-bond acceptors (Lipinski definition) is 21. The van der Waals surface area contributed by atoms with Gasteiger partial charge in [0.2, 0.25) is 5.75 Å². The van der Waals surface area contributed by atoms with E-state index in [4.69, 9.17) is 71.1 Å². The Morgan fingerprint density at radius 2 is 0.642 bits per heavy atom. The molecule has 0 radical (unpaired) electrons. The van der Waals surface area contributed by atoms with E-state index in [1.165, 1.54) is 65.7 Å². The van der Waals surface area contributed by atoms with E-state index in [1.807, 2.05) is 168 Å². The number of aromatic nitrogens is 1. The van der Waals surface area contributed by atoms with Crippen molar-refractivity contribution >= 4 is 70.6 Å². The van der Waals surface area contributed by atoms with Crippen LogP contribution in [0.15, 0.2) is 245 Å². The van der Waals surface area contributed by atoms with E-state index in [-0.39, 0.29) is 37.3 Å². The molecule has 2 aliphatic rings. The zero-order chi connectivity index (χ0) is 83.9. The van der Waals surface area contributed by atoms with Crippen molar-refractivity contribution in [1.29, 1.82) is 0 Å². The lowest BCUT2D eigenvalue weighted by Gasteiger charge is -2.38. The third-order valence-corrected chi connectivity index (χ3v) is 28.4. The first kappa shape index (κ1) is 91.2. The number of nitrogens with zero attached hydrogens (tertiary/aromatic N) is 1. The number of methoxy groups -OCH3 is 3. The van der Waals surface area contributed by atoms with Gasteiger partial charge >= 0.3 is 0 Å². The predicted molar refractivity (Wildman–Crippen MR) is 492 cm³/mol. The first-order chi connectivity index (χ1) is 58.5. The summed E-state index contributed by atoms with van der Waals surface area (Å²) in [5, 5.41) is 0. The molecule has 22 heteroatoms. The molecule has 0 amide bonds. The van der Waals surface area contributed by atoms with Gasteiger partial charge in [0, 0.05) is 55.8 Å². The van der Waals surface area contributed by atoms with Gasteiger partial charge in [-0.2, -0.15) is 0 Å². The second-order valence-electron chi connectivity index (χ2n) is 30.7. The number of aryl methyl sites for hydroxylation is 1. The van der Waals surface area contributed by atoms with E-state index >= 15 is 0 Å². The fourth-order valence-electron chi connectivity index (χ4n) is 13.4. The highest BCUT2D eigenvalue weighted by atomic mass is 32.3. The van der Waals surface area contributed by atoms with Gasteiger partial charge in [0.1, 0.15) is 81.6 Å². The van der Waals surface area contributed by atoms with Gasteiger partial charge < -0.3 is 75.6 Å². The minimum absolute atomic E-state index is 0.0280. The molecule has 3 heterocycles. The first-order valence-electron chi connectivity index (χ1n) is 40.8. The van der Waals surface area contributed by atoms with Crippen LogP contribution in [-0.4, -0.2) is 137 Å². The molecule has 0 bridgehead atoms. The van der Waals surface area contributed by atoms with Crippen LogP contribution in [0, 0.1) is 0 Å². The summed E-state index contributed by atoms with van der Waals surface area (Å²) in [5.41, 5.74) is 13.0. The highest BCUT2D eigenvalue weighted by Gasteiger charge is 2.39. The minimum Gasteiger partial charge on any atom is -0.491 e. The zero-order valence-electron chi connectivity index (χ0n) is 70.9. The van der Waals surface area contributed by atoms with Crippen LogP contribution in [0.2, 0.25) is 0 Å². The summed E-state index contributed by atoms with van der Waals surface area (Å²) in [6.07, 6.45) is 7.70. The van der Waals surface area contributed by atoms with Crippen LogP contribution in [-0.2, 0) is 88.8 Å². The van der Waals surface area contributed by atoms with Crippen LogP contribution in [0.25, 0.3) is 0 Å². The number of ether oxygens (including phenoxy) is 15. The number of thioether (sulfide) groups is 6. The summed E-state index contributed by atoms with van der Waals surface area (Å²) in [4.78, 5) is 2.54. The Hall–Kier alpha value is -8.04. The molecule has 9 aromatic carbocycles. The maximum atomic E-state index is 6.75. The Balaban J connectivity index is 0.650. The Labute approximate surface area is 735 Å². The molecule has 0 aliphatic carbocycles. The van der Waals surface area contributed by atoms with Crippen molar-refractivity contribution in [2.45, 2.75) is 114 Å². The van der Waals surface area contributed by atoms with Gasteiger partial charge in [-0.25, -0.2) is 0 Å². The van der Waals surface area contributed by atoms with Crippen LogP contribution in [0.5, 0.6) is 46.0 Å². The van der Waals surface area contributed by atoms with E-state index in [0.29, 0.717) is 123 Å². The van der Waals surface area contributed by atoms with Crippen LogP contribution < -0.4 is 37.9 Å². The molecule has 0 unspecified atom stereocenters. The molecule has 0 spiro atoms. The fraction of sp³-hybridized carbons (Fsp3) is 0.367. The summed E-state index contributed by atoms with van der Waals surface area (Å²) in [7, 11) is 4.96. The quantitative estimate of drug-likeness (QED) is 0.0263. The van der Waals surface area contributed by atoms with Gasteiger partial charge in [0.25, 0.3) is 0 Å². The monoisotopic (exact) mass is 1740 g/mol. The van der Waals surface area contributed by atoms with E-state index in [9.17, 15) is 0 Å². The zero-order valence-corrected chi connectivity index (χ0v) is 75.8. The highest BCUT2D eigenvalue weighted by molar-refractivity contribution is 8.42. The SMILES string of the molecule is CCc1ccc(C(c2ccc(OCCOCCSC3=C(SC)SC(=C4Sc5cn(Cc6ccc(OCc7cc(OCc8ccc(OCCOCCOC)cc8)c(OCc8ccc(OCCOCCOC)cc8)c(OCc8ccc(OCCOCCOC)cc8)c7)cc6)cc5S4)S3)cc2)(c2ccc(C(C)(C)C)cc2)c2ccc(C(C)(C)C)cc2)cc1. The predicted octanol–water partition coefficient (Wildman–Crippen LogP) is 22.6. The Kier molecular flexibility index (Phi) is 35.3. The van der Waals surface area contributed by atoms with Crippen LogP contribution >= 0.6 is 70.6 Å². The van der Waals surface area contributed by atoms with E-state index < -0.39 is 5.41 Å². The summed E-state index contributed by atoms with van der Waals surface area (Å²) in [6, 6.07) is 72.3. The molecule has 0 fully saturated rings. The summed E-state index contributed by atoms with van der Waals surface area (Å²) in [6.45, 7) is 24.8. The average Bonchev–Trinajstić information content (AvgIpc) is 0.826. The maximum Gasteiger partial charge on any atom is 0.203 e. The van der Waals surface area contributed by atoms with Crippen molar-refractivity contribution in [2.24, 2.45) is 0 Å². The number of fused-ring (bicyclic) bond motifs is 1. The molecular weight excluding hydrogens is 1620 g/mol. The van der Waals surface area contributed by atoms with E-state index in [0.717, 1.165) is 68.7 Å². The third kappa shape index (κ3) is 26.5. The van der Waals surface area contributed by atoms with Crippen molar-refractivity contribution < 1.29 is 71.1 Å². The smallest absolute Gasteiger partial charge is 0.203 e. The third-order valence-electron chi connectivity index (χ3n) is 20.0. The van der Waals surface area contributed by atoms with Crippen molar-refractivity contribution in [3.8, 4) is 46.0 Å². The lowest BCUT2D eigenvalue weighted by molar-refractivity contribution is 0.0544. The first-order valence-corrected chi connectivity index (χ1v) is 46.3.